The summed E-state index contributed by atoms with van der Waals surface area (Å²) in [7, 11) is 0. The number of nitrogens with one attached hydrogen (secondary N) is 1. The van der Waals surface area contributed by atoms with Crippen molar-refractivity contribution in [2.24, 2.45) is 0 Å². The molecule has 2 aromatic carbocycles. The number of hydrogen-bond donors (Lipinski definition) is 1. The summed E-state index contributed by atoms with van der Waals surface area (Å²) in [6.45, 7) is 7.23. The molecule has 9 heteroatoms. The Morgan fingerprint density at radius 1 is 1.14 bits per heavy atom. The lowest BCUT2D eigenvalue weighted by molar-refractivity contribution is -0.141. The zero-order chi connectivity index (χ0) is 24.8. The van der Waals surface area contributed by atoms with Crippen molar-refractivity contribution in [2.75, 3.05) is 24.3 Å². The van der Waals surface area contributed by atoms with Crippen LogP contribution in [-0.2, 0) is 20.8 Å². The fourth-order valence-corrected chi connectivity index (χ4v) is 5.74. The molecule has 0 aliphatic rings. The Bertz CT molecular complexity index is 1380. The van der Waals surface area contributed by atoms with E-state index in [9.17, 15) is 9.59 Å². The third-order valence-corrected chi connectivity index (χ3v) is 7.50. The van der Waals surface area contributed by atoms with Gasteiger partial charge in [-0.25, -0.2) is 4.98 Å². The van der Waals surface area contributed by atoms with Gasteiger partial charge in [0, 0.05) is 42.0 Å². The number of thioether (sulfide) groups is 1. The second-order valence-electron chi connectivity index (χ2n) is 7.96. The van der Waals surface area contributed by atoms with Gasteiger partial charge in [0.15, 0.2) is 11.4 Å². The van der Waals surface area contributed by atoms with E-state index in [0.29, 0.717) is 41.6 Å². The molecule has 1 N–H and O–H groups in total. The molecule has 0 fully saturated rings. The molecule has 2 aromatic heterocycles. The van der Waals surface area contributed by atoms with Crippen molar-refractivity contribution in [2.45, 2.75) is 45.2 Å². The highest BCUT2D eigenvalue weighted by molar-refractivity contribution is 7.99. The molecule has 184 valence electrons. The summed E-state index contributed by atoms with van der Waals surface area (Å²) < 4.78 is 14.6. The molecule has 0 aliphatic carbocycles. The van der Waals surface area contributed by atoms with E-state index in [0.717, 1.165) is 21.3 Å². The molecule has 0 saturated carbocycles. The first-order chi connectivity index (χ1) is 17.0. The summed E-state index contributed by atoms with van der Waals surface area (Å²) in [4.78, 5) is 31.1. The second kappa shape index (κ2) is 11.8. The quantitative estimate of drug-likeness (QED) is 0.164. The van der Waals surface area contributed by atoms with Gasteiger partial charge in [0.05, 0.1) is 11.3 Å². The number of anilines is 1. The lowest BCUT2D eigenvalue weighted by Crippen LogP contribution is -2.27. The van der Waals surface area contributed by atoms with Gasteiger partial charge in [0.1, 0.15) is 4.70 Å². The Morgan fingerprint density at radius 3 is 2.66 bits per heavy atom. The third-order valence-electron chi connectivity index (χ3n) is 5.37. The number of carbonyl (C=O) groups is 1. The van der Waals surface area contributed by atoms with Gasteiger partial charge in [-0.2, -0.15) is 0 Å². The number of hydrogen-bond acceptors (Lipinski definition) is 7. The van der Waals surface area contributed by atoms with Crippen LogP contribution < -0.4 is 10.9 Å². The van der Waals surface area contributed by atoms with Crippen molar-refractivity contribution in [1.29, 1.82) is 0 Å². The Kier molecular flexibility index (Phi) is 8.56. The molecule has 4 aromatic rings. The smallest absolute Gasteiger partial charge is 0.272 e. The maximum atomic E-state index is 13.6. The Morgan fingerprint density at radius 2 is 1.91 bits per heavy atom. The molecule has 4 rings (SSSR count). The first-order valence-electron chi connectivity index (χ1n) is 11.6. The van der Waals surface area contributed by atoms with E-state index in [2.05, 4.69) is 5.32 Å². The van der Waals surface area contributed by atoms with Crippen LogP contribution in [0.25, 0.3) is 20.3 Å². The number of amides is 1. The van der Waals surface area contributed by atoms with Crippen LogP contribution in [0, 0.1) is 6.92 Å². The van der Waals surface area contributed by atoms with E-state index in [1.54, 1.807) is 4.57 Å². The summed E-state index contributed by atoms with van der Waals surface area (Å²) in [6, 6.07) is 15.5. The van der Waals surface area contributed by atoms with Gasteiger partial charge >= 0.3 is 0 Å². The zero-order valence-corrected chi connectivity index (χ0v) is 21.7. The molecule has 35 heavy (non-hydrogen) atoms. The molecule has 1 amide bonds. The molecule has 0 radical (unpaired) electrons. The molecule has 0 spiro atoms. The summed E-state index contributed by atoms with van der Waals surface area (Å²) in [6.07, 6.45) is 0.0976. The minimum Gasteiger partial charge on any atom is -0.353 e. The predicted molar refractivity (Wildman–Crippen MR) is 144 cm³/mol. The molecule has 2 heterocycles. The average Bonchev–Trinajstić information content (AvgIpc) is 3.21. The average molecular weight is 512 g/mol. The molecule has 0 aliphatic heterocycles. The first-order valence-corrected chi connectivity index (χ1v) is 13.4. The van der Waals surface area contributed by atoms with E-state index < -0.39 is 6.29 Å². The van der Waals surface area contributed by atoms with Crippen LogP contribution in [0.5, 0.6) is 0 Å². The Balaban J connectivity index is 1.63. The SMILES string of the molecule is CCOC(CCn1c(SCC(=O)Nc2cccc(C)c2)nc2c(sc3ccccc32)c1=O)OCC. The number of ether oxygens (including phenoxy) is 2. The summed E-state index contributed by atoms with van der Waals surface area (Å²) in [5, 5.41) is 4.38. The van der Waals surface area contributed by atoms with Crippen LogP contribution in [0.2, 0.25) is 0 Å². The Hall–Kier alpha value is -2.72. The number of fused-ring (bicyclic) bond motifs is 3. The highest BCUT2D eigenvalue weighted by Crippen LogP contribution is 2.32. The number of aromatic nitrogens is 2. The number of carbonyl (C=O) groups excluding carboxylic acids is 1. The number of rotatable bonds is 11. The molecular formula is C26H29N3O4S2. The Labute approximate surface area is 212 Å². The van der Waals surface area contributed by atoms with Crippen molar-refractivity contribution in [3.05, 3.63) is 64.4 Å². The lowest BCUT2D eigenvalue weighted by Gasteiger charge is -2.18. The number of aryl methyl sites for hydroxylation is 1. The maximum absolute atomic E-state index is 13.6. The standard InChI is InChI=1S/C26H29N3O4S2/c1-4-32-22(33-5-2)13-14-29-25(31)24-23(19-11-6-7-12-20(19)35-24)28-26(29)34-16-21(30)27-18-10-8-9-17(3)15-18/h6-12,15,22H,4-5,13-14,16H2,1-3H3,(H,27,30). The summed E-state index contributed by atoms with van der Waals surface area (Å²) >= 11 is 2.71. The number of nitrogens with zero attached hydrogens (tertiary/aromatic N) is 2. The fourth-order valence-electron chi connectivity index (χ4n) is 3.83. The number of benzene rings is 2. The van der Waals surface area contributed by atoms with Gasteiger partial charge in [0.25, 0.3) is 5.56 Å². The summed E-state index contributed by atoms with van der Waals surface area (Å²) in [5.74, 6) is -0.0212. The molecule has 0 atom stereocenters. The lowest BCUT2D eigenvalue weighted by atomic mass is 10.2. The van der Waals surface area contributed by atoms with E-state index in [1.807, 2.05) is 69.3 Å². The third kappa shape index (κ3) is 6.10. The highest BCUT2D eigenvalue weighted by atomic mass is 32.2. The minimum absolute atomic E-state index is 0.107. The molecule has 0 bridgehead atoms. The van der Waals surface area contributed by atoms with Gasteiger partial charge in [-0.1, -0.05) is 42.1 Å². The van der Waals surface area contributed by atoms with Gasteiger partial charge in [-0.05, 0) is 44.5 Å². The van der Waals surface area contributed by atoms with E-state index in [1.165, 1.54) is 23.1 Å². The largest absolute Gasteiger partial charge is 0.353 e. The molecule has 7 nitrogen and oxygen atoms in total. The normalized spacial score (nSPS) is 11.5. The molecule has 0 saturated heterocycles. The van der Waals surface area contributed by atoms with E-state index in [4.69, 9.17) is 14.5 Å². The zero-order valence-electron chi connectivity index (χ0n) is 20.1. The molecular weight excluding hydrogens is 482 g/mol. The van der Waals surface area contributed by atoms with Gasteiger partial charge in [0.2, 0.25) is 5.91 Å². The van der Waals surface area contributed by atoms with Crippen LogP contribution in [-0.4, -0.2) is 40.7 Å². The van der Waals surface area contributed by atoms with Crippen LogP contribution in [0.15, 0.2) is 58.5 Å². The van der Waals surface area contributed by atoms with Crippen molar-refractivity contribution < 1.29 is 14.3 Å². The van der Waals surface area contributed by atoms with Gasteiger partial charge in [-0.3, -0.25) is 14.2 Å². The van der Waals surface area contributed by atoms with E-state index >= 15 is 0 Å². The van der Waals surface area contributed by atoms with Crippen LogP contribution in [0.3, 0.4) is 0 Å². The van der Waals surface area contributed by atoms with Crippen molar-refractivity contribution in [3.8, 4) is 0 Å². The van der Waals surface area contributed by atoms with Crippen LogP contribution >= 0.6 is 23.1 Å². The van der Waals surface area contributed by atoms with Gasteiger partial charge in [-0.15, -0.1) is 11.3 Å². The highest BCUT2D eigenvalue weighted by Gasteiger charge is 2.19. The number of thiophene rings is 1. The van der Waals surface area contributed by atoms with Crippen molar-refractivity contribution >= 4 is 55.0 Å². The first kappa shape index (κ1) is 25.4. The maximum Gasteiger partial charge on any atom is 0.272 e. The van der Waals surface area contributed by atoms with Gasteiger partial charge < -0.3 is 14.8 Å². The predicted octanol–water partition coefficient (Wildman–Crippen LogP) is 5.44. The summed E-state index contributed by atoms with van der Waals surface area (Å²) in [5.41, 5.74) is 2.39. The van der Waals surface area contributed by atoms with Crippen molar-refractivity contribution in [3.63, 3.8) is 0 Å². The topological polar surface area (TPSA) is 82.5 Å². The second-order valence-corrected chi connectivity index (χ2v) is 9.96. The van der Waals surface area contributed by atoms with Crippen LogP contribution in [0.4, 0.5) is 5.69 Å². The molecule has 0 unspecified atom stereocenters. The van der Waals surface area contributed by atoms with Crippen LogP contribution in [0.1, 0.15) is 25.8 Å². The minimum atomic E-state index is -0.405. The monoisotopic (exact) mass is 511 g/mol. The fraction of sp³-hybridized carbons (Fsp3) is 0.346. The van der Waals surface area contributed by atoms with Crippen molar-refractivity contribution in [1.82, 2.24) is 9.55 Å². The van der Waals surface area contributed by atoms with E-state index in [-0.39, 0.29) is 17.2 Å².